The number of hydrogen-bond donors (Lipinski definition) is 0. The molecule has 0 radical (unpaired) electrons. The molecule has 0 spiro atoms. The van der Waals surface area contributed by atoms with E-state index in [1.54, 1.807) is 25.4 Å². The van der Waals surface area contributed by atoms with Crippen molar-refractivity contribution >= 4 is 21.6 Å². The molecule has 8 heteroatoms. The fraction of sp³-hybridized carbons (Fsp3) is 0.455. The zero-order chi connectivity index (χ0) is 21.3. The second-order valence-electron chi connectivity index (χ2n) is 7.87. The van der Waals surface area contributed by atoms with Crippen LogP contribution in [0.2, 0.25) is 0 Å². The van der Waals surface area contributed by atoms with Crippen molar-refractivity contribution < 1.29 is 17.9 Å². The van der Waals surface area contributed by atoms with Crippen LogP contribution in [-0.2, 0) is 21.2 Å². The first kappa shape index (κ1) is 20.8. The maximum Gasteiger partial charge on any atom is 0.244 e. The van der Waals surface area contributed by atoms with Crippen molar-refractivity contribution in [1.29, 1.82) is 0 Å². The van der Waals surface area contributed by atoms with Crippen molar-refractivity contribution in [2.45, 2.75) is 37.5 Å². The Balaban J connectivity index is 1.51. The van der Waals surface area contributed by atoms with Crippen molar-refractivity contribution in [1.82, 2.24) is 9.29 Å². The number of hydrogen-bond acceptors (Lipinski definition) is 5. The number of amides is 1. The molecule has 1 fully saturated rings. The number of carbonyl (C=O) groups excluding carboxylic acids is 1. The van der Waals surface area contributed by atoms with Gasteiger partial charge in [-0.25, -0.2) is 8.42 Å². The molecule has 1 aromatic heterocycles. The predicted octanol–water partition coefficient (Wildman–Crippen LogP) is 2.78. The van der Waals surface area contributed by atoms with Crippen LogP contribution < -0.4 is 9.64 Å². The number of carbonyl (C=O) groups is 1. The predicted molar refractivity (Wildman–Crippen MR) is 114 cm³/mol. The first-order chi connectivity index (χ1) is 14.4. The first-order valence-corrected chi connectivity index (χ1v) is 11.8. The number of anilines is 1. The highest BCUT2D eigenvalue weighted by atomic mass is 32.2. The molecule has 0 N–H and O–H groups in total. The van der Waals surface area contributed by atoms with E-state index < -0.39 is 10.0 Å². The van der Waals surface area contributed by atoms with E-state index in [4.69, 9.17) is 4.74 Å². The van der Waals surface area contributed by atoms with Gasteiger partial charge in [-0.15, -0.1) is 0 Å². The topological polar surface area (TPSA) is 79.8 Å². The summed E-state index contributed by atoms with van der Waals surface area (Å²) in [6.07, 6.45) is 5.80. The Morgan fingerprint density at radius 1 is 1.17 bits per heavy atom. The van der Waals surface area contributed by atoms with Crippen LogP contribution in [0.15, 0.2) is 41.6 Å². The Labute approximate surface area is 177 Å². The number of pyridine rings is 1. The van der Waals surface area contributed by atoms with E-state index in [2.05, 4.69) is 11.9 Å². The monoisotopic (exact) mass is 429 g/mol. The molecule has 2 aliphatic heterocycles. The van der Waals surface area contributed by atoms with Gasteiger partial charge < -0.3 is 9.64 Å². The number of aromatic nitrogens is 1. The number of benzene rings is 1. The largest absolute Gasteiger partial charge is 0.495 e. The van der Waals surface area contributed by atoms with E-state index in [0.717, 1.165) is 24.3 Å². The Bertz CT molecular complexity index is 1030. The molecule has 0 unspecified atom stereocenters. The van der Waals surface area contributed by atoms with Crippen LogP contribution in [0, 0.1) is 12.8 Å². The number of piperidine rings is 1. The lowest BCUT2D eigenvalue weighted by Crippen LogP contribution is -2.46. The van der Waals surface area contributed by atoms with Crippen LogP contribution in [0.4, 0.5) is 5.69 Å². The summed E-state index contributed by atoms with van der Waals surface area (Å²) in [6, 6.07) is 7.13. The fourth-order valence-corrected chi connectivity index (χ4v) is 5.88. The van der Waals surface area contributed by atoms with Crippen LogP contribution in [0.5, 0.6) is 5.75 Å². The third-order valence-corrected chi connectivity index (χ3v) is 8.00. The summed E-state index contributed by atoms with van der Waals surface area (Å²) in [5, 5.41) is 0. The highest BCUT2D eigenvalue weighted by Gasteiger charge is 2.36. The van der Waals surface area contributed by atoms with E-state index >= 15 is 0 Å². The lowest BCUT2D eigenvalue weighted by atomic mass is 9.92. The molecule has 3 heterocycles. The molecule has 7 nitrogen and oxygen atoms in total. The number of aryl methyl sites for hydroxylation is 1. The van der Waals surface area contributed by atoms with Gasteiger partial charge >= 0.3 is 0 Å². The van der Waals surface area contributed by atoms with E-state index in [1.165, 1.54) is 21.6 Å². The molecule has 1 saturated heterocycles. The SMILES string of the molecule is COc1ccc(C)c2c1N(C(=O)C1CCN(S(=O)(=O)c3cccnc3)CC1)CCC2. The van der Waals surface area contributed by atoms with Gasteiger partial charge in [-0.1, -0.05) is 6.07 Å². The molecule has 0 aliphatic carbocycles. The van der Waals surface area contributed by atoms with Crippen LogP contribution >= 0.6 is 0 Å². The van der Waals surface area contributed by atoms with Crippen molar-refractivity contribution in [3.8, 4) is 5.75 Å². The fourth-order valence-electron chi connectivity index (χ4n) is 4.45. The summed E-state index contributed by atoms with van der Waals surface area (Å²) in [4.78, 5) is 19.4. The van der Waals surface area contributed by atoms with Gasteiger partial charge in [-0.2, -0.15) is 4.31 Å². The van der Waals surface area contributed by atoms with Gasteiger partial charge in [0.1, 0.15) is 10.6 Å². The lowest BCUT2D eigenvalue weighted by Gasteiger charge is -2.37. The van der Waals surface area contributed by atoms with Crippen LogP contribution in [0.25, 0.3) is 0 Å². The zero-order valence-corrected chi connectivity index (χ0v) is 18.2. The summed E-state index contributed by atoms with van der Waals surface area (Å²) < 4.78 is 32.7. The van der Waals surface area contributed by atoms with Gasteiger partial charge in [0.2, 0.25) is 15.9 Å². The minimum Gasteiger partial charge on any atom is -0.495 e. The van der Waals surface area contributed by atoms with E-state index in [0.29, 0.717) is 32.5 Å². The van der Waals surface area contributed by atoms with E-state index in [-0.39, 0.29) is 16.7 Å². The van der Waals surface area contributed by atoms with Crippen LogP contribution in [0.1, 0.15) is 30.4 Å². The number of methoxy groups -OCH3 is 1. The van der Waals surface area contributed by atoms with Gasteiger partial charge in [0.05, 0.1) is 12.8 Å². The Morgan fingerprint density at radius 2 is 1.93 bits per heavy atom. The Morgan fingerprint density at radius 3 is 2.60 bits per heavy atom. The van der Waals surface area contributed by atoms with Gasteiger partial charge in [0.25, 0.3) is 0 Å². The molecule has 2 aromatic rings. The molecule has 2 aliphatic rings. The molecule has 0 bridgehead atoms. The molecule has 1 aromatic carbocycles. The number of sulfonamides is 1. The summed E-state index contributed by atoms with van der Waals surface area (Å²) in [6.45, 7) is 3.40. The van der Waals surface area contributed by atoms with Gasteiger partial charge in [0, 0.05) is 37.9 Å². The smallest absolute Gasteiger partial charge is 0.244 e. The zero-order valence-electron chi connectivity index (χ0n) is 17.4. The lowest BCUT2D eigenvalue weighted by molar-refractivity contribution is -0.123. The Hall–Kier alpha value is -2.45. The summed E-state index contributed by atoms with van der Waals surface area (Å²) in [5.41, 5.74) is 3.23. The van der Waals surface area contributed by atoms with Crippen LogP contribution in [0.3, 0.4) is 0 Å². The number of rotatable bonds is 4. The number of nitrogens with zero attached hydrogens (tertiary/aromatic N) is 3. The molecule has 1 amide bonds. The molecular weight excluding hydrogens is 402 g/mol. The average molecular weight is 430 g/mol. The quantitative estimate of drug-likeness (QED) is 0.747. The van der Waals surface area contributed by atoms with Gasteiger partial charge in [-0.05, 0) is 61.9 Å². The van der Waals surface area contributed by atoms with Crippen molar-refractivity contribution in [2.24, 2.45) is 5.92 Å². The summed E-state index contributed by atoms with van der Waals surface area (Å²) in [7, 11) is -1.95. The molecular formula is C22H27N3O4S. The summed E-state index contributed by atoms with van der Waals surface area (Å²) in [5.74, 6) is 0.597. The van der Waals surface area contributed by atoms with E-state index in [1.807, 2.05) is 17.0 Å². The third-order valence-electron chi connectivity index (χ3n) is 6.12. The molecule has 4 rings (SSSR count). The van der Waals surface area contributed by atoms with Crippen LogP contribution in [-0.4, -0.2) is 50.4 Å². The summed E-state index contributed by atoms with van der Waals surface area (Å²) >= 11 is 0. The van der Waals surface area contributed by atoms with Crippen molar-refractivity contribution in [2.75, 3.05) is 31.6 Å². The maximum atomic E-state index is 13.4. The average Bonchev–Trinajstić information content (AvgIpc) is 2.79. The van der Waals surface area contributed by atoms with Crippen molar-refractivity contribution in [3.05, 3.63) is 47.8 Å². The van der Waals surface area contributed by atoms with Gasteiger partial charge in [0.15, 0.2) is 0 Å². The van der Waals surface area contributed by atoms with E-state index in [9.17, 15) is 13.2 Å². The normalized spacial score (nSPS) is 18.1. The van der Waals surface area contributed by atoms with Crippen molar-refractivity contribution in [3.63, 3.8) is 0 Å². The second-order valence-corrected chi connectivity index (χ2v) is 9.81. The molecule has 0 atom stereocenters. The number of fused-ring (bicyclic) bond motifs is 1. The minimum atomic E-state index is -3.58. The second kappa shape index (κ2) is 8.35. The number of ether oxygens (including phenoxy) is 1. The standard InChI is InChI=1S/C22H27N3O4S/c1-16-7-8-20(29-2)21-19(16)6-4-12-25(21)22(26)17-9-13-24(14-10-17)30(27,28)18-5-3-11-23-15-18/h3,5,7-8,11,15,17H,4,6,9-10,12-14H2,1-2H3. The highest BCUT2D eigenvalue weighted by molar-refractivity contribution is 7.89. The molecule has 0 saturated carbocycles. The van der Waals surface area contributed by atoms with Gasteiger partial charge in [-0.3, -0.25) is 9.78 Å². The molecule has 30 heavy (non-hydrogen) atoms. The maximum absolute atomic E-state index is 13.4. The third kappa shape index (κ3) is 3.70. The Kier molecular flexibility index (Phi) is 5.79. The minimum absolute atomic E-state index is 0.0678. The first-order valence-electron chi connectivity index (χ1n) is 10.3. The molecule has 160 valence electrons. The highest BCUT2D eigenvalue weighted by Crippen LogP contribution is 2.39.